The summed E-state index contributed by atoms with van der Waals surface area (Å²) in [6.45, 7) is 0. The van der Waals surface area contributed by atoms with Gasteiger partial charge in [0.05, 0.1) is 24.9 Å². The number of aromatic amines is 1. The molecule has 5 rings (SSSR count). The molecule has 0 saturated carbocycles. The van der Waals surface area contributed by atoms with Crippen molar-refractivity contribution in [3.05, 3.63) is 106 Å². The zero-order chi connectivity index (χ0) is 24.2. The van der Waals surface area contributed by atoms with Gasteiger partial charge in [-0.2, -0.15) is 5.10 Å². The van der Waals surface area contributed by atoms with Crippen LogP contribution in [-0.2, 0) is 0 Å². The van der Waals surface area contributed by atoms with E-state index in [0.717, 1.165) is 28.1 Å². The molecule has 35 heavy (non-hydrogen) atoms. The number of fused-ring (bicyclic) bond motifs is 1. The summed E-state index contributed by atoms with van der Waals surface area (Å²) in [4.78, 5) is 9.76. The Hall–Kier alpha value is -4.08. The average Bonchev–Trinajstić information content (AvgIpc) is 2.89. The van der Waals surface area contributed by atoms with E-state index in [9.17, 15) is 0 Å². The Labute approximate surface area is 213 Å². The molecule has 0 fully saturated rings. The van der Waals surface area contributed by atoms with Crippen LogP contribution < -0.4 is 20.4 Å². The van der Waals surface area contributed by atoms with E-state index in [1.807, 2.05) is 77.7 Å². The lowest BCUT2D eigenvalue weighted by Gasteiger charge is -2.39. The van der Waals surface area contributed by atoms with Gasteiger partial charge in [-0.3, -0.25) is 5.43 Å². The van der Waals surface area contributed by atoms with E-state index in [0.29, 0.717) is 21.5 Å². The first-order valence-electron chi connectivity index (χ1n) is 10.9. The summed E-state index contributed by atoms with van der Waals surface area (Å²) in [7, 11) is 1.65. The smallest absolute Gasteiger partial charge is 0.200 e. The number of anilines is 3. The molecular formula is C26H22N6OS2. The number of nitrogens with zero attached hydrogens (tertiary/aromatic N) is 3. The highest BCUT2D eigenvalue weighted by Crippen LogP contribution is 2.43. The van der Waals surface area contributed by atoms with Crippen LogP contribution in [0.5, 0.6) is 5.75 Å². The number of ether oxygens (including phenoxy) is 1. The van der Waals surface area contributed by atoms with Crippen molar-refractivity contribution in [3.63, 3.8) is 0 Å². The number of rotatable bonds is 6. The second kappa shape index (κ2) is 10.0. The quantitative estimate of drug-likeness (QED) is 0.174. The number of aromatic nitrogens is 2. The zero-order valence-electron chi connectivity index (χ0n) is 18.8. The van der Waals surface area contributed by atoms with Crippen LogP contribution >= 0.6 is 24.4 Å². The molecule has 1 unspecified atom stereocenters. The Bertz CT molecular complexity index is 1440. The van der Waals surface area contributed by atoms with Gasteiger partial charge in [0.1, 0.15) is 17.4 Å². The van der Waals surface area contributed by atoms with Crippen molar-refractivity contribution in [1.82, 2.24) is 9.97 Å². The number of thiocarbonyl (C=S) groups is 1. The van der Waals surface area contributed by atoms with Crippen LogP contribution in [0.1, 0.15) is 22.7 Å². The molecule has 0 bridgehead atoms. The first kappa shape index (κ1) is 22.7. The molecule has 0 amide bonds. The summed E-state index contributed by atoms with van der Waals surface area (Å²) >= 11 is 11.2. The number of methoxy groups -OCH3 is 1. The van der Waals surface area contributed by atoms with Gasteiger partial charge >= 0.3 is 0 Å². The summed E-state index contributed by atoms with van der Waals surface area (Å²) in [5.41, 5.74) is 6.86. The Morgan fingerprint density at radius 2 is 1.74 bits per heavy atom. The Morgan fingerprint density at radius 1 is 1.00 bits per heavy atom. The van der Waals surface area contributed by atoms with Crippen molar-refractivity contribution in [1.29, 1.82) is 0 Å². The summed E-state index contributed by atoms with van der Waals surface area (Å²) < 4.78 is 5.79. The molecule has 7 nitrogen and oxygen atoms in total. The number of hydrogen-bond acceptors (Lipinski definition) is 6. The van der Waals surface area contributed by atoms with Crippen molar-refractivity contribution in [2.24, 2.45) is 5.10 Å². The minimum absolute atomic E-state index is 0.305. The van der Waals surface area contributed by atoms with Crippen LogP contribution in [0.15, 0.2) is 90.0 Å². The van der Waals surface area contributed by atoms with E-state index in [2.05, 4.69) is 37.9 Å². The topological polar surface area (TPSA) is 77.6 Å². The van der Waals surface area contributed by atoms with Gasteiger partial charge < -0.3 is 19.9 Å². The van der Waals surface area contributed by atoms with Gasteiger partial charge in [-0.1, -0.05) is 66.7 Å². The third-order valence-corrected chi connectivity index (χ3v) is 6.07. The highest BCUT2D eigenvalue weighted by molar-refractivity contribution is 7.80. The lowest BCUT2D eigenvalue weighted by molar-refractivity contribution is 0.415. The zero-order valence-corrected chi connectivity index (χ0v) is 20.4. The first-order chi connectivity index (χ1) is 17.1. The van der Waals surface area contributed by atoms with Crippen molar-refractivity contribution < 1.29 is 4.74 Å². The maximum Gasteiger partial charge on any atom is 0.200 e. The third-order valence-electron chi connectivity index (χ3n) is 5.58. The molecule has 3 aromatic carbocycles. The second-order valence-electron chi connectivity index (χ2n) is 7.77. The van der Waals surface area contributed by atoms with Crippen molar-refractivity contribution >= 4 is 53.1 Å². The lowest BCUT2D eigenvalue weighted by Crippen LogP contribution is -2.43. The Morgan fingerprint density at radius 3 is 2.49 bits per heavy atom. The molecule has 1 aliphatic rings. The largest absolute Gasteiger partial charge is 0.497 e. The van der Waals surface area contributed by atoms with Crippen LogP contribution in [-0.4, -0.2) is 28.4 Å². The molecule has 4 aromatic rings. The Kier molecular flexibility index (Phi) is 6.51. The fourth-order valence-electron chi connectivity index (χ4n) is 4.03. The maximum atomic E-state index is 5.82. The summed E-state index contributed by atoms with van der Waals surface area (Å²) in [5.74, 6) is 1.95. The minimum atomic E-state index is -0.305. The minimum Gasteiger partial charge on any atom is -0.497 e. The van der Waals surface area contributed by atoms with E-state index in [1.54, 1.807) is 13.3 Å². The summed E-state index contributed by atoms with van der Waals surface area (Å²) in [6, 6.07) is 27.5. The number of H-pyrrole nitrogens is 1. The maximum absolute atomic E-state index is 5.82. The fourth-order valence-corrected chi connectivity index (χ4v) is 4.53. The standard InChI is InChI=1S/C26H22N6OS2/c1-33-20-14-8-13-19(15-20)32-22(18-11-6-3-7-12-18)21-23(30-26(32)35)28-25(34)29-24(21)31-27-16-17-9-4-2-5-10-17/h2-16,22H,1H3,(H3,28,29,30,31,34,35)/b27-16+. The van der Waals surface area contributed by atoms with Crippen LogP contribution in [0, 0.1) is 4.77 Å². The van der Waals surface area contributed by atoms with E-state index in [-0.39, 0.29) is 6.04 Å². The molecule has 0 spiro atoms. The van der Waals surface area contributed by atoms with Gasteiger partial charge in [-0.15, -0.1) is 0 Å². The second-order valence-corrected chi connectivity index (χ2v) is 8.55. The van der Waals surface area contributed by atoms with Gasteiger partial charge in [0.25, 0.3) is 0 Å². The molecule has 1 aromatic heterocycles. The fraction of sp³-hybridized carbons (Fsp3) is 0.0769. The van der Waals surface area contributed by atoms with Crippen LogP contribution in [0.25, 0.3) is 0 Å². The summed E-state index contributed by atoms with van der Waals surface area (Å²) in [5, 5.41) is 8.22. The number of hydrazone groups is 1. The predicted molar refractivity (Wildman–Crippen MR) is 147 cm³/mol. The Balaban J connectivity index is 1.65. The molecular weight excluding hydrogens is 476 g/mol. The van der Waals surface area contributed by atoms with Crippen LogP contribution in [0.4, 0.5) is 17.3 Å². The monoisotopic (exact) mass is 498 g/mol. The number of benzene rings is 3. The average molecular weight is 499 g/mol. The summed E-state index contributed by atoms with van der Waals surface area (Å²) in [6.07, 6.45) is 1.75. The molecule has 1 aliphatic heterocycles. The molecule has 174 valence electrons. The van der Waals surface area contributed by atoms with E-state index >= 15 is 0 Å². The van der Waals surface area contributed by atoms with E-state index in [4.69, 9.17) is 29.2 Å². The third kappa shape index (κ3) is 4.77. The van der Waals surface area contributed by atoms with E-state index in [1.165, 1.54) is 0 Å². The van der Waals surface area contributed by atoms with Gasteiger partial charge in [-0.05, 0) is 47.7 Å². The van der Waals surface area contributed by atoms with E-state index < -0.39 is 0 Å². The van der Waals surface area contributed by atoms with Gasteiger partial charge in [-0.25, -0.2) is 4.98 Å². The molecule has 0 aliphatic carbocycles. The van der Waals surface area contributed by atoms with Crippen molar-refractivity contribution in [2.45, 2.75) is 6.04 Å². The highest BCUT2D eigenvalue weighted by Gasteiger charge is 2.36. The molecule has 0 saturated heterocycles. The predicted octanol–water partition coefficient (Wildman–Crippen LogP) is 5.90. The van der Waals surface area contributed by atoms with Gasteiger partial charge in [0, 0.05) is 11.8 Å². The number of nitrogens with one attached hydrogen (secondary N) is 3. The molecule has 1 atom stereocenters. The van der Waals surface area contributed by atoms with Crippen LogP contribution in [0.3, 0.4) is 0 Å². The molecule has 2 heterocycles. The molecule has 3 N–H and O–H groups in total. The normalized spacial score (nSPS) is 14.9. The van der Waals surface area contributed by atoms with Crippen molar-refractivity contribution in [2.75, 3.05) is 22.8 Å². The van der Waals surface area contributed by atoms with Crippen molar-refractivity contribution in [3.8, 4) is 5.75 Å². The molecule has 0 radical (unpaired) electrons. The molecule has 9 heteroatoms. The van der Waals surface area contributed by atoms with Crippen LogP contribution in [0.2, 0.25) is 0 Å². The van der Waals surface area contributed by atoms with Gasteiger partial charge in [0.15, 0.2) is 9.88 Å². The highest BCUT2D eigenvalue weighted by atomic mass is 32.1. The lowest BCUT2D eigenvalue weighted by atomic mass is 9.95. The number of hydrogen-bond donors (Lipinski definition) is 3. The first-order valence-corrected chi connectivity index (χ1v) is 11.7. The SMILES string of the molecule is COc1cccc(N2C(=S)Nc3nc(=S)[nH]c(N/N=C/c4ccccc4)c3C2c2ccccc2)c1. The van der Waals surface area contributed by atoms with Gasteiger partial charge in [0.2, 0.25) is 0 Å².